The van der Waals surface area contributed by atoms with Gasteiger partial charge in [-0.25, -0.2) is 9.59 Å². The van der Waals surface area contributed by atoms with Gasteiger partial charge in [0.1, 0.15) is 12.1 Å². The number of piperidine rings is 1. The number of hydrogen-bond donors (Lipinski definition) is 4. The van der Waals surface area contributed by atoms with Crippen molar-refractivity contribution in [2.24, 2.45) is 28.1 Å². The van der Waals surface area contributed by atoms with Crippen LogP contribution in [0.15, 0.2) is 12.7 Å². The van der Waals surface area contributed by atoms with Crippen molar-refractivity contribution in [3.63, 3.8) is 0 Å². The molecule has 6 atom stereocenters. The van der Waals surface area contributed by atoms with E-state index in [-0.39, 0.29) is 29.8 Å². The van der Waals surface area contributed by atoms with E-state index in [0.29, 0.717) is 26.2 Å². The largest absolute Gasteiger partial charge is 0.346 e. The van der Waals surface area contributed by atoms with Crippen LogP contribution in [-0.2, 0) is 19.2 Å². The first kappa shape index (κ1) is 36.8. The molecule has 0 spiro atoms. The van der Waals surface area contributed by atoms with E-state index < -0.39 is 64.5 Å². The van der Waals surface area contributed by atoms with Crippen molar-refractivity contribution in [3.05, 3.63) is 12.7 Å². The van der Waals surface area contributed by atoms with Crippen molar-refractivity contribution >= 4 is 35.6 Å². The third kappa shape index (κ3) is 8.01. The molecular formula is C33H55N7O6. The maximum atomic E-state index is 14.2. The molecular weight excluding hydrogens is 590 g/mol. The lowest BCUT2D eigenvalue weighted by molar-refractivity contribution is -0.145. The molecule has 13 heteroatoms. The Morgan fingerprint density at radius 2 is 1.63 bits per heavy atom. The number of carbonyl (C=O) groups is 6. The summed E-state index contributed by atoms with van der Waals surface area (Å²) < 4.78 is 0. The number of ketones is 1. The van der Waals surface area contributed by atoms with Gasteiger partial charge in [0, 0.05) is 39.8 Å². The highest BCUT2D eigenvalue weighted by atomic mass is 16.2. The minimum Gasteiger partial charge on any atom is -0.346 e. The van der Waals surface area contributed by atoms with Crippen LogP contribution in [-0.4, -0.2) is 114 Å². The van der Waals surface area contributed by atoms with Gasteiger partial charge in [0.05, 0.1) is 12.1 Å². The average Bonchev–Trinajstić information content (AvgIpc) is 3.26. The molecule has 1 saturated carbocycles. The third-order valence-electron chi connectivity index (χ3n) is 9.80. The highest BCUT2D eigenvalue weighted by molar-refractivity contribution is 6.38. The van der Waals surface area contributed by atoms with Gasteiger partial charge < -0.3 is 36.0 Å². The molecule has 0 aromatic heterocycles. The lowest BCUT2D eigenvalue weighted by Crippen LogP contribution is -2.63. The Bertz CT molecular complexity index is 1240. The zero-order chi connectivity index (χ0) is 34.9. The number of nitrogens with one attached hydrogen (secondary N) is 4. The van der Waals surface area contributed by atoms with E-state index in [1.807, 2.05) is 55.4 Å². The minimum absolute atomic E-state index is 0.0778. The SMILES string of the molecule is C=CCNC(=O)C(=O)C(C)NC(=O)[C@@H]1[C@@H]2[C@H](CN1C(=O)[C@@H](NC(=O)N[C@H](CN1CCCN(C)C1=O)C(C)(C)C)C(C)(C)C)C2(C)C. The number of Topliss-reactive ketones (excluding diaryl/α,β-unsaturated/α-hetero) is 1. The van der Waals surface area contributed by atoms with Crippen molar-refractivity contribution in [1.82, 2.24) is 36.0 Å². The number of amides is 7. The highest BCUT2D eigenvalue weighted by Gasteiger charge is 2.69. The van der Waals surface area contributed by atoms with Gasteiger partial charge >= 0.3 is 12.1 Å². The molecule has 2 saturated heterocycles. The first-order chi connectivity index (χ1) is 21.1. The molecule has 13 nitrogen and oxygen atoms in total. The van der Waals surface area contributed by atoms with Crippen LogP contribution in [0.4, 0.5) is 9.59 Å². The molecule has 2 aliphatic heterocycles. The number of carbonyl (C=O) groups excluding carboxylic acids is 6. The molecule has 1 unspecified atom stereocenters. The maximum Gasteiger partial charge on any atom is 0.319 e. The summed E-state index contributed by atoms with van der Waals surface area (Å²) in [5, 5.41) is 11.0. The first-order valence-corrected chi connectivity index (χ1v) is 16.2. The van der Waals surface area contributed by atoms with Crippen LogP contribution in [0.5, 0.6) is 0 Å². The zero-order valence-corrected chi connectivity index (χ0v) is 29.3. The zero-order valence-electron chi connectivity index (χ0n) is 29.3. The van der Waals surface area contributed by atoms with Crippen molar-refractivity contribution < 1.29 is 28.8 Å². The van der Waals surface area contributed by atoms with E-state index in [1.165, 1.54) is 17.9 Å². The van der Waals surface area contributed by atoms with Crippen molar-refractivity contribution in [1.29, 1.82) is 0 Å². The second-order valence-electron chi connectivity index (χ2n) is 15.8. The molecule has 4 N–H and O–H groups in total. The second-order valence-corrected chi connectivity index (χ2v) is 15.8. The van der Waals surface area contributed by atoms with Crippen molar-refractivity contribution in [2.75, 3.05) is 39.8 Å². The van der Waals surface area contributed by atoms with Gasteiger partial charge in [-0.05, 0) is 41.4 Å². The standard InChI is InChI=1S/C33H55N7O6/c1-12-14-34-27(43)24(41)19(2)35-26(42)23-22-20(33(22,9)10)17-40(23)28(44)25(32(6,7)8)37-29(45)36-21(31(3,4)5)18-39-16-13-15-38(11)30(39)46/h12,19-23,25H,1,13-18H2,2-11H3,(H,34,43)(H,35,42)(H2,36,37,45)/t19?,20-,21+,22-,23-,25+/m0/s1. The minimum atomic E-state index is -1.10. The first-order valence-electron chi connectivity index (χ1n) is 16.2. The van der Waals surface area contributed by atoms with Gasteiger partial charge in [0.2, 0.25) is 17.6 Å². The van der Waals surface area contributed by atoms with Crippen LogP contribution >= 0.6 is 0 Å². The number of likely N-dealkylation sites (tertiary alicyclic amines) is 1. The topological polar surface area (TPSA) is 160 Å². The normalized spacial score (nSPS) is 24.3. The molecule has 3 rings (SSSR count). The van der Waals surface area contributed by atoms with Crippen LogP contribution in [0.25, 0.3) is 0 Å². The number of urea groups is 2. The lowest BCUT2D eigenvalue weighted by atomic mass is 9.84. The summed E-state index contributed by atoms with van der Waals surface area (Å²) >= 11 is 0. The number of rotatable bonds is 11. The Morgan fingerprint density at radius 1 is 1.00 bits per heavy atom. The molecule has 2 heterocycles. The van der Waals surface area contributed by atoms with Crippen molar-refractivity contribution in [3.8, 4) is 0 Å². The summed E-state index contributed by atoms with van der Waals surface area (Å²) in [5.74, 6) is -2.58. The second kappa shape index (κ2) is 13.6. The van der Waals surface area contributed by atoms with Crippen LogP contribution in [0, 0.1) is 28.1 Å². The fourth-order valence-corrected chi connectivity index (χ4v) is 6.63. The third-order valence-corrected chi connectivity index (χ3v) is 9.80. The molecule has 46 heavy (non-hydrogen) atoms. The Hall–Kier alpha value is -3.64. The highest BCUT2D eigenvalue weighted by Crippen LogP contribution is 2.65. The number of nitrogens with zero attached hydrogens (tertiary/aromatic N) is 3. The summed E-state index contributed by atoms with van der Waals surface area (Å²) in [4.78, 5) is 83.9. The Labute approximate surface area is 273 Å². The van der Waals surface area contributed by atoms with Gasteiger partial charge in [0.15, 0.2) is 0 Å². The quantitative estimate of drug-likeness (QED) is 0.198. The Kier molecular flexibility index (Phi) is 10.9. The summed E-state index contributed by atoms with van der Waals surface area (Å²) in [7, 11) is 1.76. The van der Waals surface area contributed by atoms with Crippen molar-refractivity contribution in [2.45, 2.75) is 92.9 Å². The Balaban J connectivity index is 1.77. The molecule has 3 fully saturated rings. The molecule has 0 aromatic carbocycles. The van der Waals surface area contributed by atoms with Crippen LogP contribution < -0.4 is 21.3 Å². The fraction of sp³-hybridized carbons (Fsp3) is 0.758. The number of fused-ring (bicyclic) bond motifs is 1. The monoisotopic (exact) mass is 645 g/mol. The predicted octanol–water partition coefficient (Wildman–Crippen LogP) is 1.73. The average molecular weight is 646 g/mol. The smallest absolute Gasteiger partial charge is 0.319 e. The van der Waals surface area contributed by atoms with E-state index >= 15 is 0 Å². The summed E-state index contributed by atoms with van der Waals surface area (Å²) in [6, 6.07) is -3.97. The van der Waals surface area contributed by atoms with Gasteiger partial charge in [-0.3, -0.25) is 19.2 Å². The van der Waals surface area contributed by atoms with Gasteiger partial charge in [-0.1, -0.05) is 61.5 Å². The van der Waals surface area contributed by atoms with E-state index in [4.69, 9.17) is 0 Å². The van der Waals surface area contributed by atoms with E-state index in [1.54, 1.807) is 16.8 Å². The van der Waals surface area contributed by atoms with E-state index in [9.17, 15) is 28.8 Å². The summed E-state index contributed by atoms with van der Waals surface area (Å²) in [5.41, 5.74) is -1.29. The van der Waals surface area contributed by atoms with Crippen LogP contribution in [0.1, 0.15) is 68.7 Å². The molecule has 3 aliphatic rings. The van der Waals surface area contributed by atoms with Crippen LogP contribution in [0.2, 0.25) is 0 Å². The molecule has 258 valence electrons. The number of hydrogen-bond acceptors (Lipinski definition) is 6. The predicted molar refractivity (Wildman–Crippen MR) is 174 cm³/mol. The van der Waals surface area contributed by atoms with Gasteiger partial charge in [-0.2, -0.15) is 0 Å². The molecule has 0 radical (unpaired) electrons. The van der Waals surface area contributed by atoms with E-state index in [0.717, 1.165) is 6.42 Å². The summed E-state index contributed by atoms with van der Waals surface area (Å²) in [6.07, 6.45) is 2.29. The van der Waals surface area contributed by atoms with Crippen LogP contribution in [0.3, 0.4) is 0 Å². The molecule has 0 aromatic rings. The lowest BCUT2D eigenvalue weighted by Gasteiger charge is -2.40. The molecule has 7 amide bonds. The summed E-state index contributed by atoms with van der Waals surface area (Å²) in [6.45, 7) is 22.6. The van der Waals surface area contributed by atoms with Gasteiger partial charge in [0.25, 0.3) is 5.91 Å². The molecule has 0 bridgehead atoms. The van der Waals surface area contributed by atoms with E-state index in [2.05, 4.69) is 27.8 Å². The molecule has 1 aliphatic carbocycles. The fourth-order valence-electron chi connectivity index (χ4n) is 6.63. The maximum absolute atomic E-state index is 14.2. The van der Waals surface area contributed by atoms with Gasteiger partial charge in [-0.15, -0.1) is 6.58 Å². The Morgan fingerprint density at radius 3 is 2.20 bits per heavy atom.